The van der Waals surface area contributed by atoms with Gasteiger partial charge < -0.3 is 5.11 Å². The molecule has 3 rings (SSSR count). The predicted molar refractivity (Wildman–Crippen MR) is 92.7 cm³/mol. The summed E-state index contributed by atoms with van der Waals surface area (Å²) in [6, 6.07) is 13.9. The Morgan fingerprint density at radius 2 is 1.82 bits per heavy atom. The lowest BCUT2D eigenvalue weighted by atomic mass is 10.0. The molecule has 1 heterocycles. The summed E-state index contributed by atoms with van der Waals surface area (Å²) in [4.78, 5) is 6.37. The van der Waals surface area contributed by atoms with E-state index in [0.717, 1.165) is 27.4 Å². The molecule has 1 aromatic heterocycles. The second-order valence-corrected chi connectivity index (χ2v) is 6.37. The van der Waals surface area contributed by atoms with Gasteiger partial charge in [0.25, 0.3) is 0 Å². The van der Waals surface area contributed by atoms with Crippen molar-refractivity contribution in [2.24, 2.45) is 0 Å². The quantitative estimate of drug-likeness (QED) is 0.755. The molecule has 0 aliphatic rings. The van der Waals surface area contributed by atoms with Gasteiger partial charge in [0.2, 0.25) is 0 Å². The van der Waals surface area contributed by atoms with Crippen molar-refractivity contribution >= 4 is 26.7 Å². The smallest absolute Gasteiger partial charge is 0.120 e. The van der Waals surface area contributed by atoms with Gasteiger partial charge in [0.1, 0.15) is 5.75 Å². The van der Waals surface area contributed by atoms with Crippen molar-refractivity contribution in [1.29, 1.82) is 0 Å². The van der Waals surface area contributed by atoms with E-state index >= 15 is 0 Å². The maximum Gasteiger partial charge on any atom is 0.120 e. The highest BCUT2D eigenvalue weighted by molar-refractivity contribution is 9.10. The van der Waals surface area contributed by atoms with Gasteiger partial charge in [0.15, 0.2) is 0 Å². The fourth-order valence-corrected chi connectivity index (χ4v) is 2.87. The van der Waals surface area contributed by atoms with E-state index in [-0.39, 0.29) is 0 Å². The van der Waals surface area contributed by atoms with Crippen LogP contribution in [0.1, 0.15) is 11.1 Å². The summed E-state index contributed by atoms with van der Waals surface area (Å²) in [7, 11) is 2.05. The number of rotatable bonds is 4. The molecule has 2 aromatic carbocycles. The summed E-state index contributed by atoms with van der Waals surface area (Å²) >= 11 is 3.45. The maximum atomic E-state index is 10.2. The van der Waals surface area contributed by atoms with Crippen LogP contribution in [0.2, 0.25) is 0 Å². The summed E-state index contributed by atoms with van der Waals surface area (Å²) in [6.07, 6.45) is 3.59. The number of aromatic hydroxyl groups is 1. The Kier molecular flexibility index (Phi) is 4.41. The molecule has 0 spiro atoms. The number of nitrogens with zero attached hydrogens (tertiary/aromatic N) is 2. The molecule has 0 unspecified atom stereocenters. The molecule has 0 saturated carbocycles. The first kappa shape index (κ1) is 15.0. The van der Waals surface area contributed by atoms with Crippen LogP contribution in [0, 0.1) is 0 Å². The summed E-state index contributed by atoms with van der Waals surface area (Å²) in [5, 5.41) is 12.3. The molecule has 1 N–H and O–H groups in total. The third-order valence-corrected chi connectivity index (χ3v) is 4.23. The maximum absolute atomic E-state index is 10.2. The summed E-state index contributed by atoms with van der Waals surface area (Å²) in [5.41, 5.74) is 2.16. The summed E-state index contributed by atoms with van der Waals surface area (Å²) < 4.78 is 1.08. The van der Waals surface area contributed by atoms with E-state index in [0.29, 0.717) is 12.3 Å². The number of fused-ring (bicyclic) bond motifs is 1. The number of hydrogen-bond acceptors (Lipinski definition) is 3. The number of benzene rings is 2. The van der Waals surface area contributed by atoms with Crippen LogP contribution in [0.15, 0.2) is 59.3 Å². The molecule has 3 aromatic rings. The largest absolute Gasteiger partial charge is 0.508 e. The zero-order chi connectivity index (χ0) is 15.5. The van der Waals surface area contributed by atoms with Gasteiger partial charge >= 0.3 is 0 Å². The van der Waals surface area contributed by atoms with Crippen molar-refractivity contribution < 1.29 is 5.11 Å². The number of aromatic nitrogens is 1. The lowest BCUT2D eigenvalue weighted by molar-refractivity contribution is 0.314. The van der Waals surface area contributed by atoms with Crippen molar-refractivity contribution in [3.8, 4) is 5.75 Å². The minimum atomic E-state index is 0.322. The van der Waals surface area contributed by atoms with Crippen LogP contribution in [0.5, 0.6) is 5.75 Å². The average molecular weight is 357 g/mol. The lowest BCUT2D eigenvalue weighted by Gasteiger charge is -2.19. The molecular weight excluding hydrogens is 340 g/mol. The van der Waals surface area contributed by atoms with E-state index in [2.05, 4.69) is 45.0 Å². The first-order valence-electron chi connectivity index (χ1n) is 7.11. The SMILES string of the molecule is CN(Cc1ccc(Br)cc1)Cc1c(O)ccc2ccncc12. The molecule has 0 aliphatic heterocycles. The molecule has 0 atom stereocenters. The van der Waals surface area contributed by atoms with Crippen LogP contribution in [0.25, 0.3) is 10.8 Å². The van der Waals surface area contributed by atoms with Gasteiger partial charge in [-0.05, 0) is 42.3 Å². The minimum absolute atomic E-state index is 0.322. The van der Waals surface area contributed by atoms with Gasteiger partial charge in [-0.1, -0.05) is 34.1 Å². The second-order valence-electron chi connectivity index (χ2n) is 5.46. The van der Waals surface area contributed by atoms with Gasteiger partial charge in [-0.25, -0.2) is 0 Å². The third kappa shape index (κ3) is 3.29. The Hall–Kier alpha value is -1.91. The molecule has 0 amide bonds. The van der Waals surface area contributed by atoms with Gasteiger partial charge in [0, 0.05) is 40.9 Å². The monoisotopic (exact) mass is 356 g/mol. The summed E-state index contributed by atoms with van der Waals surface area (Å²) in [6.45, 7) is 1.49. The Morgan fingerprint density at radius 1 is 1.05 bits per heavy atom. The second kappa shape index (κ2) is 6.46. The van der Waals surface area contributed by atoms with Crippen LogP contribution in [-0.2, 0) is 13.1 Å². The third-order valence-electron chi connectivity index (χ3n) is 3.70. The zero-order valence-corrected chi connectivity index (χ0v) is 13.9. The van der Waals surface area contributed by atoms with Crippen LogP contribution in [0.4, 0.5) is 0 Å². The van der Waals surface area contributed by atoms with Crippen molar-refractivity contribution in [1.82, 2.24) is 9.88 Å². The normalized spacial score (nSPS) is 11.2. The fraction of sp³-hybridized carbons (Fsp3) is 0.167. The number of hydrogen-bond donors (Lipinski definition) is 1. The average Bonchev–Trinajstić information content (AvgIpc) is 2.52. The van der Waals surface area contributed by atoms with Crippen molar-refractivity contribution in [2.75, 3.05) is 7.05 Å². The van der Waals surface area contributed by atoms with E-state index in [1.807, 2.05) is 30.5 Å². The first-order chi connectivity index (χ1) is 10.6. The number of pyridine rings is 1. The number of phenols is 1. The Labute approximate surface area is 138 Å². The van der Waals surface area contributed by atoms with Crippen molar-refractivity contribution in [2.45, 2.75) is 13.1 Å². The van der Waals surface area contributed by atoms with Crippen LogP contribution in [-0.4, -0.2) is 22.0 Å². The van der Waals surface area contributed by atoms with E-state index < -0.39 is 0 Å². The van der Waals surface area contributed by atoms with Gasteiger partial charge in [-0.2, -0.15) is 0 Å². The number of halogens is 1. The molecule has 4 heteroatoms. The van der Waals surface area contributed by atoms with Crippen LogP contribution in [0.3, 0.4) is 0 Å². The highest BCUT2D eigenvalue weighted by atomic mass is 79.9. The molecule has 0 radical (unpaired) electrons. The Morgan fingerprint density at radius 3 is 2.59 bits per heavy atom. The first-order valence-corrected chi connectivity index (χ1v) is 7.90. The van der Waals surface area contributed by atoms with Crippen molar-refractivity contribution in [3.63, 3.8) is 0 Å². The highest BCUT2D eigenvalue weighted by Crippen LogP contribution is 2.27. The standard InChI is InChI=1S/C18H17BrN2O/c1-21(11-13-2-5-15(19)6-3-13)12-17-16-10-20-9-8-14(16)4-7-18(17)22/h2-10,22H,11-12H2,1H3. The molecule has 0 fully saturated rings. The van der Waals surface area contributed by atoms with E-state index in [9.17, 15) is 5.11 Å². The van der Waals surface area contributed by atoms with Gasteiger partial charge in [-0.3, -0.25) is 9.88 Å². The topological polar surface area (TPSA) is 36.4 Å². The molecule has 0 saturated heterocycles. The molecule has 112 valence electrons. The van der Waals surface area contributed by atoms with Gasteiger partial charge in [0.05, 0.1) is 0 Å². The Bertz CT molecular complexity index is 787. The zero-order valence-electron chi connectivity index (χ0n) is 12.3. The van der Waals surface area contributed by atoms with Gasteiger partial charge in [-0.15, -0.1) is 0 Å². The van der Waals surface area contributed by atoms with Crippen LogP contribution < -0.4 is 0 Å². The fourth-order valence-electron chi connectivity index (χ4n) is 2.60. The highest BCUT2D eigenvalue weighted by Gasteiger charge is 2.10. The molecule has 0 bridgehead atoms. The number of phenolic OH excluding ortho intramolecular Hbond substituents is 1. The Balaban J connectivity index is 1.83. The molecular formula is C18H17BrN2O. The predicted octanol–water partition coefficient (Wildman–Crippen LogP) is 4.33. The minimum Gasteiger partial charge on any atom is -0.508 e. The van der Waals surface area contributed by atoms with Crippen LogP contribution >= 0.6 is 15.9 Å². The molecule has 0 aliphatic carbocycles. The van der Waals surface area contributed by atoms with E-state index in [1.54, 1.807) is 12.3 Å². The molecule has 3 nitrogen and oxygen atoms in total. The van der Waals surface area contributed by atoms with E-state index in [4.69, 9.17) is 0 Å². The lowest BCUT2D eigenvalue weighted by Crippen LogP contribution is -2.17. The summed E-state index contributed by atoms with van der Waals surface area (Å²) in [5.74, 6) is 0.322. The van der Waals surface area contributed by atoms with E-state index in [1.165, 1.54) is 5.56 Å². The van der Waals surface area contributed by atoms with Crippen molar-refractivity contribution in [3.05, 3.63) is 70.5 Å². The molecule has 22 heavy (non-hydrogen) atoms.